The average Bonchev–Trinajstić information content (AvgIpc) is 2.28. The van der Waals surface area contributed by atoms with Crippen molar-refractivity contribution in [2.24, 2.45) is 5.73 Å². The Kier molecular flexibility index (Phi) is 4.51. The van der Waals surface area contributed by atoms with E-state index in [2.05, 4.69) is 9.72 Å². The summed E-state index contributed by atoms with van der Waals surface area (Å²) in [6, 6.07) is 1.30. The van der Waals surface area contributed by atoms with Crippen molar-refractivity contribution in [2.45, 2.75) is 26.3 Å². The lowest BCUT2D eigenvalue weighted by molar-refractivity contribution is -0.139. The maximum atomic E-state index is 12.8. The van der Waals surface area contributed by atoms with Gasteiger partial charge in [0.15, 0.2) is 0 Å². The van der Waals surface area contributed by atoms with Gasteiger partial charge in [-0.25, -0.2) is 8.78 Å². The normalized spacial score (nSPS) is 10.7. The van der Waals surface area contributed by atoms with Crippen LogP contribution in [0.3, 0.4) is 0 Å². The van der Waals surface area contributed by atoms with Crippen LogP contribution >= 0.6 is 0 Å². The predicted molar refractivity (Wildman–Crippen MR) is 57.5 cm³/mol. The van der Waals surface area contributed by atoms with Crippen LogP contribution < -0.4 is 5.73 Å². The number of hydrogen-bond acceptors (Lipinski definition) is 4. The van der Waals surface area contributed by atoms with Crippen LogP contribution in [0.4, 0.5) is 8.78 Å². The molecule has 0 bridgehead atoms. The highest BCUT2D eigenvalue weighted by molar-refractivity contribution is 5.72. The lowest BCUT2D eigenvalue weighted by atomic mass is 10.1. The third kappa shape index (κ3) is 3.20. The minimum Gasteiger partial charge on any atom is -0.469 e. The van der Waals surface area contributed by atoms with Crippen molar-refractivity contribution in [3.63, 3.8) is 0 Å². The number of rotatable bonds is 4. The maximum Gasteiger partial charge on any atom is 0.311 e. The first-order valence-corrected chi connectivity index (χ1v) is 5.04. The van der Waals surface area contributed by atoms with Crippen LogP contribution in [0.2, 0.25) is 0 Å². The Labute approximate surface area is 97.8 Å². The van der Waals surface area contributed by atoms with Gasteiger partial charge in [0, 0.05) is 17.8 Å². The molecule has 1 heterocycles. The molecule has 0 aromatic carbocycles. The van der Waals surface area contributed by atoms with E-state index >= 15 is 0 Å². The molecule has 0 aliphatic heterocycles. The van der Waals surface area contributed by atoms with E-state index in [-0.39, 0.29) is 24.2 Å². The van der Waals surface area contributed by atoms with Crippen LogP contribution in [0.5, 0.6) is 0 Å². The van der Waals surface area contributed by atoms with Gasteiger partial charge in [0.05, 0.1) is 19.2 Å². The van der Waals surface area contributed by atoms with Gasteiger partial charge in [-0.05, 0) is 18.6 Å². The molecular weight excluding hydrogens is 230 g/mol. The third-order valence-corrected chi connectivity index (χ3v) is 2.42. The first-order chi connectivity index (χ1) is 7.99. The average molecular weight is 244 g/mol. The molecule has 94 valence electrons. The maximum absolute atomic E-state index is 12.8. The van der Waals surface area contributed by atoms with Crippen LogP contribution in [0.1, 0.15) is 28.9 Å². The van der Waals surface area contributed by atoms with Gasteiger partial charge in [0.2, 0.25) is 0 Å². The molecule has 1 aromatic rings. The predicted octanol–water partition coefficient (Wildman–Crippen LogP) is 1.50. The topological polar surface area (TPSA) is 65.2 Å². The number of hydrogen-bond donors (Lipinski definition) is 1. The Morgan fingerprint density at radius 3 is 2.71 bits per heavy atom. The van der Waals surface area contributed by atoms with E-state index in [0.29, 0.717) is 11.3 Å². The van der Waals surface area contributed by atoms with Crippen molar-refractivity contribution < 1.29 is 18.3 Å². The number of nitrogens with zero attached hydrogens (tertiary/aromatic N) is 1. The number of aromatic nitrogens is 1. The lowest BCUT2D eigenvalue weighted by Crippen LogP contribution is -2.12. The van der Waals surface area contributed by atoms with Crippen LogP contribution in [0.15, 0.2) is 6.07 Å². The molecule has 0 atom stereocenters. The summed E-state index contributed by atoms with van der Waals surface area (Å²) in [6.45, 7) is 1.80. The Balaban J connectivity index is 3.18. The van der Waals surface area contributed by atoms with Gasteiger partial charge in [0.25, 0.3) is 6.43 Å². The van der Waals surface area contributed by atoms with Gasteiger partial charge < -0.3 is 10.5 Å². The van der Waals surface area contributed by atoms with E-state index in [1.807, 2.05) is 0 Å². The van der Waals surface area contributed by atoms with E-state index in [4.69, 9.17) is 5.73 Å². The van der Waals surface area contributed by atoms with Crippen molar-refractivity contribution in [1.82, 2.24) is 4.98 Å². The summed E-state index contributed by atoms with van der Waals surface area (Å²) in [7, 11) is 1.20. The SMILES string of the molecule is COC(=O)Cc1nc(C)c(CN)cc1C(F)F. The van der Waals surface area contributed by atoms with Gasteiger partial charge in [-0.3, -0.25) is 9.78 Å². The molecule has 0 aliphatic rings. The van der Waals surface area contributed by atoms with Crippen molar-refractivity contribution in [3.8, 4) is 0 Å². The Morgan fingerprint density at radius 1 is 1.59 bits per heavy atom. The fourth-order valence-corrected chi connectivity index (χ4v) is 1.46. The standard InChI is InChI=1S/C11H14F2N2O2/c1-6-7(5-14)3-8(11(12)13)9(15-6)4-10(16)17-2/h3,11H,4-5,14H2,1-2H3. The number of ether oxygens (including phenoxy) is 1. The Morgan fingerprint density at radius 2 is 2.24 bits per heavy atom. The monoisotopic (exact) mass is 244 g/mol. The molecule has 0 saturated carbocycles. The lowest BCUT2D eigenvalue weighted by Gasteiger charge is -2.11. The highest BCUT2D eigenvalue weighted by atomic mass is 19.3. The molecule has 0 radical (unpaired) electrons. The second-order valence-electron chi connectivity index (χ2n) is 3.53. The molecule has 0 saturated heterocycles. The second kappa shape index (κ2) is 5.67. The Bertz CT molecular complexity index is 422. The van der Waals surface area contributed by atoms with Crippen LogP contribution in [-0.2, 0) is 22.5 Å². The smallest absolute Gasteiger partial charge is 0.311 e. The van der Waals surface area contributed by atoms with Crippen molar-refractivity contribution in [2.75, 3.05) is 7.11 Å². The molecular formula is C11H14F2N2O2. The number of methoxy groups -OCH3 is 1. The summed E-state index contributed by atoms with van der Waals surface area (Å²) < 4.78 is 30.0. The van der Waals surface area contributed by atoms with Crippen LogP contribution in [0.25, 0.3) is 0 Å². The minimum absolute atomic E-state index is 0.0431. The molecule has 0 unspecified atom stereocenters. The molecule has 1 rings (SSSR count). The van der Waals surface area contributed by atoms with E-state index in [9.17, 15) is 13.6 Å². The first kappa shape index (κ1) is 13.5. The van der Waals surface area contributed by atoms with Crippen LogP contribution in [0, 0.1) is 6.92 Å². The zero-order valence-electron chi connectivity index (χ0n) is 9.67. The van der Waals surface area contributed by atoms with Gasteiger partial charge in [0.1, 0.15) is 0 Å². The summed E-state index contributed by atoms with van der Waals surface area (Å²) in [5.41, 5.74) is 6.30. The molecule has 2 N–H and O–H groups in total. The zero-order valence-corrected chi connectivity index (χ0v) is 9.67. The molecule has 0 aliphatic carbocycles. The zero-order chi connectivity index (χ0) is 13.0. The largest absolute Gasteiger partial charge is 0.469 e. The van der Waals surface area contributed by atoms with Crippen LogP contribution in [-0.4, -0.2) is 18.1 Å². The van der Waals surface area contributed by atoms with Crippen molar-refractivity contribution in [1.29, 1.82) is 0 Å². The number of carbonyl (C=O) groups excluding carboxylic acids is 1. The summed E-state index contributed by atoms with van der Waals surface area (Å²) >= 11 is 0. The second-order valence-corrected chi connectivity index (χ2v) is 3.53. The number of carbonyl (C=O) groups is 1. The van der Waals surface area contributed by atoms with E-state index < -0.39 is 12.4 Å². The highest BCUT2D eigenvalue weighted by Crippen LogP contribution is 2.24. The minimum atomic E-state index is -2.69. The number of aryl methyl sites for hydroxylation is 1. The quantitative estimate of drug-likeness (QED) is 0.815. The van der Waals surface area contributed by atoms with Gasteiger partial charge in [-0.2, -0.15) is 0 Å². The highest BCUT2D eigenvalue weighted by Gasteiger charge is 2.19. The van der Waals surface area contributed by atoms with Gasteiger partial charge in [-0.15, -0.1) is 0 Å². The molecule has 0 amide bonds. The number of halogens is 2. The molecule has 17 heavy (non-hydrogen) atoms. The fraction of sp³-hybridized carbons (Fsp3) is 0.455. The van der Waals surface area contributed by atoms with E-state index in [1.54, 1.807) is 6.92 Å². The number of alkyl halides is 2. The summed E-state index contributed by atoms with van der Waals surface area (Å²) in [5, 5.41) is 0. The molecule has 0 spiro atoms. The molecule has 4 nitrogen and oxygen atoms in total. The molecule has 6 heteroatoms. The molecule has 0 fully saturated rings. The summed E-state index contributed by atoms with van der Waals surface area (Å²) in [6.07, 6.45) is -2.95. The number of pyridine rings is 1. The number of esters is 1. The summed E-state index contributed by atoms with van der Waals surface area (Å²) in [5.74, 6) is -0.598. The van der Waals surface area contributed by atoms with Crippen molar-refractivity contribution in [3.05, 3.63) is 28.6 Å². The van der Waals surface area contributed by atoms with Gasteiger partial charge in [-0.1, -0.05) is 0 Å². The van der Waals surface area contributed by atoms with Crippen molar-refractivity contribution >= 4 is 5.97 Å². The van der Waals surface area contributed by atoms with E-state index in [0.717, 1.165) is 0 Å². The first-order valence-electron chi connectivity index (χ1n) is 5.04. The van der Waals surface area contributed by atoms with E-state index in [1.165, 1.54) is 13.2 Å². The molecule has 1 aromatic heterocycles. The third-order valence-electron chi connectivity index (χ3n) is 2.42. The Hall–Kier alpha value is -1.56. The summed E-state index contributed by atoms with van der Waals surface area (Å²) in [4.78, 5) is 15.1. The fourth-order valence-electron chi connectivity index (χ4n) is 1.46. The number of nitrogens with two attached hydrogens (primary N) is 1. The van der Waals surface area contributed by atoms with Gasteiger partial charge >= 0.3 is 5.97 Å².